The molecule has 0 spiro atoms. The smallest absolute Gasteiger partial charge is 0.0695 e. The van der Waals surface area contributed by atoms with Crippen molar-refractivity contribution < 1.29 is 5.11 Å². The molecule has 0 aromatic rings. The van der Waals surface area contributed by atoms with Crippen molar-refractivity contribution in [3.63, 3.8) is 0 Å². The lowest BCUT2D eigenvalue weighted by Gasteiger charge is -2.50. The van der Waals surface area contributed by atoms with Crippen LogP contribution in [0.1, 0.15) is 64.7 Å². The Balaban J connectivity index is 1.72. The molecule has 1 heterocycles. The van der Waals surface area contributed by atoms with Gasteiger partial charge in [-0.05, 0) is 63.3 Å². The average Bonchev–Trinajstić information content (AvgIpc) is 2.41. The molecule has 3 rings (SSSR count). The highest BCUT2D eigenvalue weighted by Crippen LogP contribution is 2.39. The van der Waals surface area contributed by atoms with Crippen molar-refractivity contribution in [2.24, 2.45) is 11.8 Å². The van der Waals surface area contributed by atoms with E-state index < -0.39 is 0 Å². The third-order valence-electron chi connectivity index (χ3n) is 5.76. The molecule has 3 aliphatic rings. The van der Waals surface area contributed by atoms with Crippen molar-refractivity contribution >= 4 is 0 Å². The summed E-state index contributed by atoms with van der Waals surface area (Å²) in [5.41, 5.74) is 0. The van der Waals surface area contributed by atoms with E-state index in [0.29, 0.717) is 6.04 Å². The number of hydrogen-bond donors (Lipinski definition) is 1. The molecule has 0 amide bonds. The van der Waals surface area contributed by atoms with E-state index in [4.69, 9.17) is 0 Å². The van der Waals surface area contributed by atoms with E-state index in [1.807, 2.05) is 0 Å². The first-order valence-corrected chi connectivity index (χ1v) is 8.19. The van der Waals surface area contributed by atoms with Crippen LogP contribution < -0.4 is 0 Å². The van der Waals surface area contributed by atoms with E-state index in [1.165, 1.54) is 57.9 Å². The summed E-state index contributed by atoms with van der Waals surface area (Å²) in [5.74, 6) is 1.75. The Kier molecular flexibility index (Phi) is 3.95. The Bertz CT molecular complexity index is 278. The lowest BCUT2D eigenvalue weighted by atomic mass is 9.75. The summed E-state index contributed by atoms with van der Waals surface area (Å²) in [6.45, 7) is 3.61. The second-order valence-electron chi connectivity index (χ2n) is 7.04. The molecule has 5 unspecified atom stereocenters. The molecule has 0 radical (unpaired) electrons. The van der Waals surface area contributed by atoms with Crippen LogP contribution in [0.15, 0.2) is 0 Å². The summed E-state index contributed by atoms with van der Waals surface area (Å²) in [6, 6.07) is 1.28. The lowest BCUT2D eigenvalue weighted by Crippen LogP contribution is -2.56. The van der Waals surface area contributed by atoms with Crippen LogP contribution in [-0.4, -0.2) is 34.7 Å². The van der Waals surface area contributed by atoms with Gasteiger partial charge in [0.25, 0.3) is 0 Å². The molecule has 2 heteroatoms. The number of hydrogen-bond acceptors (Lipinski definition) is 2. The predicted molar refractivity (Wildman–Crippen MR) is 74.5 cm³/mol. The maximum Gasteiger partial charge on any atom is 0.0695 e. The molecule has 3 fully saturated rings. The Hall–Kier alpha value is -0.0800. The molecule has 1 aliphatic heterocycles. The number of rotatable bonds is 1. The third-order valence-corrected chi connectivity index (χ3v) is 5.76. The molecule has 5 atom stereocenters. The monoisotopic (exact) mass is 251 g/mol. The standard InChI is InChI=1S/C16H29NO/c1-12-8-9-16(18)15(11-12)17-10-4-6-13-5-2-3-7-14(13)17/h12-16,18H,2-11H2,1H3. The number of piperidine rings is 1. The van der Waals surface area contributed by atoms with Crippen LogP contribution in [0.5, 0.6) is 0 Å². The number of aliphatic hydroxyl groups excluding tert-OH is 1. The van der Waals surface area contributed by atoms with Crippen molar-refractivity contribution in [1.29, 1.82) is 0 Å². The minimum atomic E-state index is -0.0538. The maximum atomic E-state index is 10.4. The highest BCUT2D eigenvalue weighted by atomic mass is 16.3. The maximum absolute atomic E-state index is 10.4. The fourth-order valence-electron chi connectivity index (χ4n) is 4.77. The Morgan fingerprint density at radius 3 is 2.56 bits per heavy atom. The summed E-state index contributed by atoms with van der Waals surface area (Å²) in [7, 11) is 0. The third kappa shape index (κ3) is 2.46. The molecule has 2 nitrogen and oxygen atoms in total. The van der Waals surface area contributed by atoms with Crippen LogP contribution in [-0.2, 0) is 0 Å². The number of aliphatic hydroxyl groups is 1. The normalized spacial score (nSPS) is 46.7. The quantitative estimate of drug-likeness (QED) is 0.773. The fraction of sp³-hybridized carbons (Fsp3) is 1.00. The van der Waals surface area contributed by atoms with Gasteiger partial charge in [-0.3, -0.25) is 4.90 Å². The fourth-order valence-corrected chi connectivity index (χ4v) is 4.77. The van der Waals surface area contributed by atoms with Gasteiger partial charge in [0.15, 0.2) is 0 Å². The first-order chi connectivity index (χ1) is 8.75. The first kappa shape index (κ1) is 12.9. The Morgan fingerprint density at radius 2 is 1.67 bits per heavy atom. The van der Waals surface area contributed by atoms with Gasteiger partial charge in [-0.15, -0.1) is 0 Å². The molecule has 1 N–H and O–H groups in total. The van der Waals surface area contributed by atoms with Gasteiger partial charge < -0.3 is 5.11 Å². The van der Waals surface area contributed by atoms with Gasteiger partial charge in [-0.25, -0.2) is 0 Å². The van der Waals surface area contributed by atoms with Crippen molar-refractivity contribution in [3.8, 4) is 0 Å². The summed E-state index contributed by atoms with van der Waals surface area (Å²) in [6.07, 6.45) is 11.9. The van der Waals surface area contributed by atoms with Crippen LogP contribution in [0.4, 0.5) is 0 Å². The van der Waals surface area contributed by atoms with E-state index in [1.54, 1.807) is 0 Å². The lowest BCUT2D eigenvalue weighted by molar-refractivity contribution is -0.0520. The van der Waals surface area contributed by atoms with Crippen molar-refractivity contribution in [3.05, 3.63) is 0 Å². The SMILES string of the molecule is CC1CCC(O)C(N2CCCC3CCCCC32)C1. The second kappa shape index (κ2) is 5.50. The predicted octanol–water partition coefficient (Wildman–Crippen LogP) is 3.19. The van der Waals surface area contributed by atoms with Crippen LogP contribution >= 0.6 is 0 Å². The molecule has 0 bridgehead atoms. The van der Waals surface area contributed by atoms with Crippen molar-refractivity contribution in [1.82, 2.24) is 4.90 Å². The van der Waals surface area contributed by atoms with Crippen LogP contribution in [0, 0.1) is 11.8 Å². The topological polar surface area (TPSA) is 23.5 Å². The molecule has 0 aromatic carbocycles. The zero-order valence-electron chi connectivity index (χ0n) is 11.9. The summed E-state index contributed by atoms with van der Waals surface area (Å²) in [4.78, 5) is 2.73. The molecule has 2 aliphatic carbocycles. The zero-order valence-corrected chi connectivity index (χ0v) is 11.9. The number of likely N-dealkylation sites (tertiary alicyclic amines) is 1. The molecule has 2 saturated carbocycles. The van der Waals surface area contributed by atoms with Gasteiger partial charge in [0, 0.05) is 12.1 Å². The highest BCUT2D eigenvalue weighted by molar-refractivity contribution is 4.94. The van der Waals surface area contributed by atoms with E-state index in [2.05, 4.69) is 11.8 Å². The van der Waals surface area contributed by atoms with Gasteiger partial charge in [-0.2, -0.15) is 0 Å². The molecule has 18 heavy (non-hydrogen) atoms. The first-order valence-electron chi connectivity index (χ1n) is 8.19. The van der Waals surface area contributed by atoms with E-state index in [-0.39, 0.29) is 6.10 Å². The summed E-state index contributed by atoms with van der Waals surface area (Å²) < 4.78 is 0. The van der Waals surface area contributed by atoms with Gasteiger partial charge in [0.2, 0.25) is 0 Å². The van der Waals surface area contributed by atoms with Crippen LogP contribution in [0.2, 0.25) is 0 Å². The average molecular weight is 251 g/mol. The Morgan fingerprint density at radius 1 is 0.889 bits per heavy atom. The summed E-state index contributed by atoms with van der Waals surface area (Å²) >= 11 is 0. The second-order valence-corrected chi connectivity index (χ2v) is 7.04. The minimum Gasteiger partial charge on any atom is -0.391 e. The minimum absolute atomic E-state index is 0.0538. The van der Waals surface area contributed by atoms with Gasteiger partial charge in [-0.1, -0.05) is 19.8 Å². The number of nitrogens with zero attached hydrogens (tertiary/aromatic N) is 1. The number of fused-ring (bicyclic) bond motifs is 1. The highest BCUT2D eigenvalue weighted by Gasteiger charge is 2.40. The van der Waals surface area contributed by atoms with Crippen LogP contribution in [0.25, 0.3) is 0 Å². The largest absolute Gasteiger partial charge is 0.391 e. The van der Waals surface area contributed by atoms with Gasteiger partial charge in [0.1, 0.15) is 0 Å². The molecular weight excluding hydrogens is 222 g/mol. The summed E-state index contributed by atoms with van der Waals surface area (Å²) in [5, 5.41) is 10.4. The van der Waals surface area contributed by atoms with Crippen LogP contribution in [0.3, 0.4) is 0 Å². The van der Waals surface area contributed by atoms with E-state index >= 15 is 0 Å². The molecule has 0 aromatic heterocycles. The van der Waals surface area contributed by atoms with Crippen molar-refractivity contribution in [2.45, 2.75) is 82.9 Å². The van der Waals surface area contributed by atoms with Crippen molar-refractivity contribution in [2.75, 3.05) is 6.54 Å². The van der Waals surface area contributed by atoms with Gasteiger partial charge >= 0.3 is 0 Å². The van der Waals surface area contributed by atoms with E-state index in [9.17, 15) is 5.11 Å². The zero-order chi connectivity index (χ0) is 12.5. The molecule has 104 valence electrons. The van der Waals surface area contributed by atoms with E-state index in [0.717, 1.165) is 24.3 Å². The molecular formula is C16H29NO. The Labute approximate surface area is 112 Å². The van der Waals surface area contributed by atoms with Gasteiger partial charge in [0.05, 0.1) is 6.10 Å². The molecule has 1 saturated heterocycles.